The highest BCUT2D eigenvalue weighted by Crippen LogP contribution is 2.62. The Morgan fingerprint density at radius 3 is 2.38 bits per heavy atom. The largest absolute Gasteiger partial charge is 0.381 e. The molecule has 1 saturated heterocycles. The van der Waals surface area contributed by atoms with E-state index in [9.17, 15) is 0 Å². The lowest BCUT2D eigenvalue weighted by molar-refractivity contribution is 0.0551. The Bertz CT molecular complexity index is 185. The Labute approximate surface area is 80.8 Å². The van der Waals surface area contributed by atoms with Crippen LogP contribution in [0.2, 0.25) is 0 Å². The van der Waals surface area contributed by atoms with Crippen molar-refractivity contribution in [2.24, 2.45) is 28.9 Å². The first-order chi connectivity index (χ1) is 6.18. The summed E-state index contributed by atoms with van der Waals surface area (Å²) in [4.78, 5) is 0. The van der Waals surface area contributed by atoms with Crippen LogP contribution in [0.4, 0.5) is 0 Å². The third-order valence-corrected chi connectivity index (χ3v) is 4.17. The molecule has 2 atom stereocenters. The molecular formula is C11H21NO. The zero-order valence-corrected chi connectivity index (χ0v) is 8.75. The summed E-state index contributed by atoms with van der Waals surface area (Å²) < 4.78 is 5.38. The second kappa shape index (κ2) is 3.25. The van der Waals surface area contributed by atoms with Gasteiger partial charge in [0.15, 0.2) is 0 Å². The number of rotatable bonds is 2. The van der Waals surface area contributed by atoms with Crippen LogP contribution in [0.3, 0.4) is 0 Å². The van der Waals surface area contributed by atoms with Gasteiger partial charge in [-0.2, -0.15) is 0 Å². The molecule has 0 unspecified atom stereocenters. The van der Waals surface area contributed by atoms with Crippen LogP contribution in [0.1, 0.15) is 26.7 Å². The molecule has 1 aliphatic carbocycles. The number of hydrogen-bond donors (Lipinski definition) is 1. The van der Waals surface area contributed by atoms with Crippen molar-refractivity contribution in [3.05, 3.63) is 0 Å². The highest BCUT2D eigenvalue weighted by atomic mass is 16.5. The summed E-state index contributed by atoms with van der Waals surface area (Å²) >= 11 is 0. The van der Waals surface area contributed by atoms with Crippen molar-refractivity contribution in [1.29, 1.82) is 0 Å². The standard InChI is InChI=1S/C11H21NO/c1-11(2)9(7-12)10(11)8-3-5-13-6-4-8/h8-10H,3-7,12H2,1-2H3/t9-,10-/m1/s1. The molecule has 76 valence electrons. The van der Waals surface area contributed by atoms with Gasteiger partial charge in [0.2, 0.25) is 0 Å². The maximum absolute atomic E-state index is 5.78. The maximum Gasteiger partial charge on any atom is 0.0468 e. The van der Waals surface area contributed by atoms with Crippen molar-refractivity contribution in [3.8, 4) is 0 Å². The molecule has 0 radical (unpaired) electrons. The van der Waals surface area contributed by atoms with Gasteiger partial charge in [0, 0.05) is 13.2 Å². The van der Waals surface area contributed by atoms with Crippen LogP contribution in [-0.4, -0.2) is 19.8 Å². The van der Waals surface area contributed by atoms with Crippen LogP contribution in [0.5, 0.6) is 0 Å². The molecule has 0 amide bonds. The second-order valence-electron chi connectivity index (χ2n) is 5.14. The SMILES string of the molecule is CC1(C)[C@H](CN)[C@H]1C1CCOCC1. The highest BCUT2D eigenvalue weighted by molar-refractivity contribution is 5.07. The van der Waals surface area contributed by atoms with Crippen molar-refractivity contribution < 1.29 is 4.74 Å². The van der Waals surface area contributed by atoms with E-state index in [2.05, 4.69) is 13.8 Å². The molecule has 1 heterocycles. The Hall–Kier alpha value is -0.0800. The first-order valence-corrected chi connectivity index (χ1v) is 5.45. The minimum Gasteiger partial charge on any atom is -0.381 e. The van der Waals surface area contributed by atoms with Crippen LogP contribution in [-0.2, 0) is 4.74 Å². The minimum atomic E-state index is 0.511. The highest BCUT2D eigenvalue weighted by Gasteiger charge is 2.59. The predicted molar refractivity (Wildman–Crippen MR) is 53.4 cm³/mol. The lowest BCUT2D eigenvalue weighted by atomic mass is 9.90. The molecule has 0 aromatic carbocycles. The molecular weight excluding hydrogens is 162 g/mol. The van der Waals surface area contributed by atoms with E-state index in [1.807, 2.05) is 0 Å². The average Bonchev–Trinajstić information content (AvgIpc) is 2.69. The van der Waals surface area contributed by atoms with Crippen molar-refractivity contribution in [3.63, 3.8) is 0 Å². The van der Waals surface area contributed by atoms with E-state index in [-0.39, 0.29) is 0 Å². The van der Waals surface area contributed by atoms with Crippen LogP contribution in [0.25, 0.3) is 0 Å². The molecule has 2 rings (SSSR count). The molecule has 1 saturated carbocycles. The van der Waals surface area contributed by atoms with E-state index < -0.39 is 0 Å². The van der Waals surface area contributed by atoms with E-state index in [1.165, 1.54) is 12.8 Å². The smallest absolute Gasteiger partial charge is 0.0468 e. The summed E-state index contributed by atoms with van der Waals surface area (Å²) in [6.07, 6.45) is 2.51. The first-order valence-electron chi connectivity index (χ1n) is 5.45. The molecule has 2 fully saturated rings. The lowest BCUT2D eigenvalue weighted by Crippen LogP contribution is -2.19. The molecule has 2 aliphatic rings. The van der Waals surface area contributed by atoms with Gasteiger partial charge in [-0.1, -0.05) is 13.8 Å². The van der Waals surface area contributed by atoms with Gasteiger partial charge in [-0.15, -0.1) is 0 Å². The third kappa shape index (κ3) is 1.50. The number of nitrogens with two attached hydrogens (primary N) is 1. The van der Waals surface area contributed by atoms with Gasteiger partial charge in [0.25, 0.3) is 0 Å². The van der Waals surface area contributed by atoms with E-state index in [0.29, 0.717) is 5.41 Å². The topological polar surface area (TPSA) is 35.2 Å². The summed E-state index contributed by atoms with van der Waals surface area (Å²) in [6, 6.07) is 0. The van der Waals surface area contributed by atoms with E-state index >= 15 is 0 Å². The molecule has 2 nitrogen and oxygen atoms in total. The van der Waals surface area contributed by atoms with Gasteiger partial charge in [-0.25, -0.2) is 0 Å². The van der Waals surface area contributed by atoms with Crippen LogP contribution >= 0.6 is 0 Å². The molecule has 2 N–H and O–H groups in total. The third-order valence-electron chi connectivity index (χ3n) is 4.17. The van der Waals surface area contributed by atoms with Crippen molar-refractivity contribution >= 4 is 0 Å². The summed E-state index contributed by atoms with van der Waals surface area (Å²) in [6.45, 7) is 7.54. The fourth-order valence-electron chi connectivity index (χ4n) is 3.25. The van der Waals surface area contributed by atoms with Gasteiger partial charge >= 0.3 is 0 Å². The predicted octanol–water partition coefficient (Wildman–Crippen LogP) is 1.64. The minimum absolute atomic E-state index is 0.511. The van der Waals surface area contributed by atoms with E-state index in [0.717, 1.165) is 37.5 Å². The molecule has 13 heavy (non-hydrogen) atoms. The van der Waals surface area contributed by atoms with Gasteiger partial charge in [0.1, 0.15) is 0 Å². The molecule has 2 heteroatoms. The lowest BCUT2D eigenvalue weighted by Gasteiger charge is -2.23. The van der Waals surface area contributed by atoms with E-state index in [4.69, 9.17) is 10.5 Å². The van der Waals surface area contributed by atoms with Gasteiger partial charge < -0.3 is 10.5 Å². The Morgan fingerprint density at radius 2 is 1.92 bits per heavy atom. The van der Waals surface area contributed by atoms with Gasteiger partial charge in [0.05, 0.1) is 0 Å². The zero-order valence-electron chi connectivity index (χ0n) is 8.75. The monoisotopic (exact) mass is 183 g/mol. The normalized spacial score (nSPS) is 39.0. The summed E-state index contributed by atoms with van der Waals surface area (Å²) in [5.74, 6) is 2.54. The van der Waals surface area contributed by atoms with Crippen LogP contribution < -0.4 is 5.73 Å². The fourth-order valence-corrected chi connectivity index (χ4v) is 3.25. The van der Waals surface area contributed by atoms with Gasteiger partial charge in [-0.3, -0.25) is 0 Å². The average molecular weight is 183 g/mol. The summed E-state index contributed by atoms with van der Waals surface area (Å²) in [5.41, 5.74) is 6.29. The number of ether oxygens (including phenoxy) is 1. The maximum atomic E-state index is 5.78. The van der Waals surface area contributed by atoms with Gasteiger partial charge in [-0.05, 0) is 42.6 Å². The quantitative estimate of drug-likeness (QED) is 0.706. The van der Waals surface area contributed by atoms with Crippen molar-refractivity contribution in [2.75, 3.05) is 19.8 Å². The first kappa shape index (κ1) is 9.47. The molecule has 0 aromatic rings. The Balaban J connectivity index is 1.94. The molecule has 0 aromatic heterocycles. The molecule has 1 aliphatic heterocycles. The Kier molecular flexibility index (Phi) is 2.37. The Morgan fingerprint density at radius 1 is 1.31 bits per heavy atom. The summed E-state index contributed by atoms with van der Waals surface area (Å²) in [5, 5.41) is 0. The zero-order chi connectivity index (χ0) is 9.47. The molecule has 0 spiro atoms. The van der Waals surface area contributed by atoms with Crippen LogP contribution in [0.15, 0.2) is 0 Å². The fraction of sp³-hybridized carbons (Fsp3) is 1.00. The summed E-state index contributed by atoms with van der Waals surface area (Å²) in [7, 11) is 0. The van der Waals surface area contributed by atoms with Crippen molar-refractivity contribution in [1.82, 2.24) is 0 Å². The van der Waals surface area contributed by atoms with Crippen molar-refractivity contribution in [2.45, 2.75) is 26.7 Å². The second-order valence-corrected chi connectivity index (χ2v) is 5.14. The number of hydrogen-bond acceptors (Lipinski definition) is 2. The van der Waals surface area contributed by atoms with E-state index in [1.54, 1.807) is 0 Å². The van der Waals surface area contributed by atoms with Crippen LogP contribution in [0, 0.1) is 23.2 Å². The molecule has 0 bridgehead atoms.